The molecule has 2 rings (SSSR count). The maximum absolute atomic E-state index is 12.5. The van der Waals surface area contributed by atoms with Gasteiger partial charge < -0.3 is 9.05 Å². The number of para-hydroxylation sites is 2. The molecule has 0 bridgehead atoms. The smallest absolute Gasteiger partial charge is 0.404 e. The highest BCUT2D eigenvalue weighted by atomic mass is 31.2. The van der Waals surface area contributed by atoms with Gasteiger partial charge in [0.25, 0.3) is 0 Å². The van der Waals surface area contributed by atoms with Gasteiger partial charge in [0.15, 0.2) is 0 Å². The standard InChI is InChI=1S/C19H26O8P2/c1-6-15(16-11-7-9-13-18(16)26-28(20,22-2)23-3)17-12-8-10-14-19(17)27-29(21,24-4)25-5/h7-15H,6H2,1-5H3. The Hall–Kier alpha value is -1.66. The molecule has 0 aliphatic heterocycles. The van der Waals surface area contributed by atoms with E-state index in [1.165, 1.54) is 28.4 Å². The lowest BCUT2D eigenvalue weighted by atomic mass is 9.88. The van der Waals surface area contributed by atoms with Crippen molar-refractivity contribution in [3.05, 3.63) is 59.7 Å². The zero-order valence-electron chi connectivity index (χ0n) is 17.1. The maximum atomic E-state index is 12.5. The summed E-state index contributed by atoms with van der Waals surface area (Å²) < 4.78 is 55.8. The Bertz CT molecular complexity index is 814. The van der Waals surface area contributed by atoms with Gasteiger partial charge in [-0.2, -0.15) is 0 Å². The molecule has 0 amide bonds. The van der Waals surface area contributed by atoms with Gasteiger partial charge in [0.1, 0.15) is 11.5 Å². The lowest BCUT2D eigenvalue weighted by Gasteiger charge is -2.24. The van der Waals surface area contributed by atoms with E-state index in [2.05, 4.69) is 0 Å². The van der Waals surface area contributed by atoms with Gasteiger partial charge >= 0.3 is 15.6 Å². The number of benzene rings is 2. The van der Waals surface area contributed by atoms with Crippen molar-refractivity contribution in [1.29, 1.82) is 0 Å². The van der Waals surface area contributed by atoms with Gasteiger partial charge in [-0.15, -0.1) is 0 Å². The fraction of sp³-hybridized carbons (Fsp3) is 0.368. The molecule has 0 atom stereocenters. The number of phosphoric ester groups is 2. The molecule has 0 N–H and O–H groups in total. The van der Waals surface area contributed by atoms with Crippen LogP contribution in [0.25, 0.3) is 0 Å². The molecule has 2 aromatic rings. The molecule has 0 saturated carbocycles. The van der Waals surface area contributed by atoms with Crippen molar-refractivity contribution < 1.29 is 36.3 Å². The predicted molar refractivity (Wildman–Crippen MR) is 110 cm³/mol. The van der Waals surface area contributed by atoms with Crippen molar-refractivity contribution in [2.75, 3.05) is 28.4 Å². The molecule has 0 unspecified atom stereocenters. The summed E-state index contributed by atoms with van der Waals surface area (Å²) in [7, 11) is -2.48. The Balaban J connectivity index is 2.51. The van der Waals surface area contributed by atoms with Crippen LogP contribution in [0.15, 0.2) is 48.5 Å². The minimum atomic E-state index is -3.74. The van der Waals surface area contributed by atoms with Crippen LogP contribution in [0.4, 0.5) is 0 Å². The topological polar surface area (TPSA) is 89.5 Å². The van der Waals surface area contributed by atoms with E-state index in [0.29, 0.717) is 17.9 Å². The van der Waals surface area contributed by atoms with Crippen molar-refractivity contribution in [3.8, 4) is 11.5 Å². The minimum absolute atomic E-state index is 0.230. The average molecular weight is 444 g/mol. The molecule has 0 heterocycles. The number of phosphoric acid groups is 2. The summed E-state index contributed by atoms with van der Waals surface area (Å²) in [5.41, 5.74) is 1.48. The molecule has 160 valence electrons. The zero-order valence-corrected chi connectivity index (χ0v) is 18.9. The first-order valence-electron chi connectivity index (χ1n) is 8.85. The third kappa shape index (κ3) is 5.70. The predicted octanol–water partition coefficient (Wildman–Crippen LogP) is 5.79. The number of rotatable bonds is 11. The van der Waals surface area contributed by atoms with Crippen LogP contribution in [-0.4, -0.2) is 28.4 Å². The summed E-state index contributed by atoms with van der Waals surface area (Å²) in [5, 5.41) is 0. The van der Waals surface area contributed by atoms with E-state index < -0.39 is 15.6 Å². The normalized spacial score (nSPS) is 12.2. The van der Waals surface area contributed by atoms with Crippen LogP contribution in [-0.2, 0) is 27.2 Å². The fourth-order valence-electron chi connectivity index (χ4n) is 2.85. The molecule has 2 aromatic carbocycles. The summed E-state index contributed by atoms with van der Waals surface area (Å²) in [6.07, 6.45) is 0.648. The summed E-state index contributed by atoms with van der Waals surface area (Å²) in [6.45, 7) is 1.98. The van der Waals surface area contributed by atoms with E-state index in [1.807, 2.05) is 31.2 Å². The summed E-state index contributed by atoms with van der Waals surface area (Å²) in [6, 6.07) is 14.3. The Morgan fingerprint density at radius 3 is 1.34 bits per heavy atom. The minimum Gasteiger partial charge on any atom is -0.404 e. The Labute approximate surface area is 171 Å². The van der Waals surface area contributed by atoms with Gasteiger partial charge in [0.2, 0.25) is 0 Å². The van der Waals surface area contributed by atoms with Gasteiger partial charge in [-0.05, 0) is 18.6 Å². The molecule has 8 nitrogen and oxygen atoms in total. The second-order valence-corrected chi connectivity index (χ2v) is 9.46. The Kier molecular flexibility index (Phi) is 8.46. The lowest BCUT2D eigenvalue weighted by Crippen LogP contribution is -2.07. The number of hydrogen-bond donors (Lipinski definition) is 0. The summed E-state index contributed by atoms with van der Waals surface area (Å²) in [5.74, 6) is 0.470. The van der Waals surface area contributed by atoms with Crippen LogP contribution >= 0.6 is 15.6 Å². The van der Waals surface area contributed by atoms with Crippen molar-refractivity contribution >= 4 is 15.6 Å². The number of hydrogen-bond acceptors (Lipinski definition) is 8. The summed E-state index contributed by atoms with van der Waals surface area (Å²) >= 11 is 0. The first-order chi connectivity index (χ1) is 13.8. The largest absolute Gasteiger partial charge is 0.529 e. The average Bonchev–Trinajstić information content (AvgIpc) is 2.76. The summed E-state index contributed by atoms with van der Waals surface area (Å²) in [4.78, 5) is 0. The third-order valence-corrected chi connectivity index (χ3v) is 6.94. The molecule has 0 radical (unpaired) electrons. The third-order valence-electron chi connectivity index (χ3n) is 4.31. The van der Waals surface area contributed by atoms with Crippen molar-refractivity contribution in [2.24, 2.45) is 0 Å². The quantitative estimate of drug-likeness (QED) is 0.403. The van der Waals surface area contributed by atoms with Crippen LogP contribution in [0.3, 0.4) is 0 Å². The van der Waals surface area contributed by atoms with Crippen molar-refractivity contribution in [2.45, 2.75) is 19.3 Å². The maximum Gasteiger partial charge on any atom is 0.529 e. The molecule has 0 fully saturated rings. The Morgan fingerprint density at radius 1 is 0.690 bits per heavy atom. The second kappa shape index (κ2) is 10.4. The van der Waals surface area contributed by atoms with Crippen LogP contribution in [0.5, 0.6) is 11.5 Å². The molecule has 0 saturated heterocycles. The van der Waals surface area contributed by atoms with Crippen molar-refractivity contribution in [1.82, 2.24) is 0 Å². The van der Waals surface area contributed by atoms with Crippen molar-refractivity contribution in [3.63, 3.8) is 0 Å². The van der Waals surface area contributed by atoms with E-state index in [1.54, 1.807) is 24.3 Å². The van der Waals surface area contributed by atoms with Gasteiger partial charge in [0.05, 0.1) is 0 Å². The SMILES string of the molecule is CCC(c1ccccc1OP(=O)(OC)OC)c1ccccc1OP(=O)(OC)OC. The molecule has 0 aliphatic rings. The van der Waals surface area contributed by atoms with E-state index in [-0.39, 0.29) is 5.92 Å². The van der Waals surface area contributed by atoms with Gasteiger partial charge in [-0.1, -0.05) is 43.3 Å². The molecular weight excluding hydrogens is 418 g/mol. The monoisotopic (exact) mass is 444 g/mol. The van der Waals surface area contributed by atoms with Crippen LogP contribution < -0.4 is 9.05 Å². The van der Waals surface area contributed by atoms with E-state index >= 15 is 0 Å². The molecule has 0 spiro atoms. The van der Waals surface area contributed by atoms with Gasteiger partial charge in [0, 0.05) is 45.5 Å². The van der Waals surface area contributed by atoms with E-state index in [0.717, 1.165) is 11.1 Å². The zero-order chi connectivity index (χ0) is 21.5. The van der Waals surface area contributed by atoms with Gasteiger partial charge in [-0.3, -0.25) is 18.1 Å². The first-order valence-corrected chi connectivity index (χ1v) is 11.8. The highest BCUT2D eigenvalue weighted by molar-refractivity contribution is 7.49. The fourth-order valence-corrected chi connectivity index (χ4v) is 4.26. The highest BCUT2D eigenvalue weighted by Gasteiger charge is 2.30. The molecule has 0 aliphatic carbocycles. The second-order valence-electron chi connectivity index (χ2n) is 5.84. The highest BCUT2D eigenvalue weighted by Crippen LogP contribution is 2.52. The van der Waals surface area contributed by atoms with Crippen LogP contribution in [0, 0.1) is 0 Å². The van der Waals surface area contributed by atoms with Crippen LogP contribution in [0.1, 0.15) is 30.4 Å². The molecule has 0 aromatic heterocycles. The van der Waals surface area contributed by atoms with Crippen LogP contribution in [0.2, 0.25) is 0 Å². The van der Waals surface area contributed by atoms with Gasteiger partial charge in [-0.25, -0.2) is 9.13 Å². The first kappa shape index (κ1) is 23.6. The molecule has 29 heavy (non-hydrogen) atoms. The Morgan fingerprint density at radius 2 is 1.03 bits per heavy atom. The lowest BCUT2D eigenvalue weighted by molar-refractivity contribution is 0.210. The van der Waals surface area contributed by atoms with E-state index in [4.69, 9.17) is 27.1 Å². The van der Waals surface area contributed by atoms with E-state index in [9.17, 15) is 9.13 Å². The molecular formula is C19H26O8P2. The molecule has 10 heteroatoms.